The molecule has 0 aliphatic carbocycles. The average Bonchev–Trinajstić information content (AvgIpc) is 2.93. The standard InChI is InChI=1S/C25H42BNO3/c1-7-9-11-13-18-27(19-14-12-10-8-2)23(28)21-16-15-17-22(20-21)26-29-24(3,4)25(5,6)30-26/h15-17,20H,7-14,18-19H2,1-6H3. The number of carbonyl (C=O) groups excluding carboxylic acids is 1. The van der Waals surface area contributed by atoms with Gasteiger partial charge in [0, 0.05) is 18.7 Å². The van der Waals surface area contributed by atoms with E-state index in [-0.39, 0.29) is 17.1 Å². The molecule has 0 N–H and O–H groups in total. The van der Waals surface area contributed by atoms with E-state index in [4.69, 9.17) is 9.31 Å². The quantitative estimate of drug-likeness (QED) is 0.330. The van der Waals surface area contributed by atoms with Gasteiger partial charge in [-0.2, -0.15) is 0 Å². The molecule has 2 rings (SSSR count). The van der Waals surface area contributed by atoms with Gasteiger partial charge in [-0.3, -0.25) is 4.79 Å². The zero-order valence-corrected chi connectivity index (χ0v) is 20.1. The van der Waals surface area contributed by atoms with Crippen molar-refractivity contribution in [1.82, 2.24) is 4.90 Å². The fourth-order valence-electron chi connectivity index (χ4n) is 3.75. The van der Waals surface area contributed by atoms with Crippen molar-refractivity contribution in [2.75, 3.05) is 13.1 Å². The third-order valence-electron chi connectivity index (χ3n) is 6.51. The van der Waals surface area contributed by atoms with Gasteiger partial charge in [0.15, 0.2) is 0 Å². The molecule has 168 valence electrons. The number of hydrogen-bond acceptors (Lipinski definition) is 3. The van der Waals surface area contributed by atoms with E-state index in [0.717, 1.165) is 37.0 Å². The van der Waals surface area contributed by atoms with Gasteiger partial charge in [0.1, 0.15) is 0 Å². The van der Waals surface area contributed by atoms with Crippen LogP contribution in [0.2, 0.25) is 0 Å². The summed E-state index contributed by atoms with van der Waals surface area (Å²) >= 11 is 0. The zero-order chi connectivity index (χ0) is 22.2. The molecule has 1 heterocycles. The molecule has 1 aliphatic heterocycles. The monoisotopic (exact) mass is 415 g/mol. The van der Waals surface area contributed by atoms with Crippen molar-refractivity contribution in [2.24, 2.45) is 0 Å². The highest BCUT2D eigenvalue weighted by Crippen LogP contribution is 2.36. The Morgan fingerprint density at radius 3 is 1.90 bits per heavy atom. The Balaban J connectivity index is 2.10. The Kier molecular flexibility index (Phi) is 9.43. The molecule has 1 aliphatic rings. The van der Waals surface area contributed by atoms with E-state index in [1.807, 2.05) is 24.3 Å². The molecule has 5 heteroatoms. The van der Waals surface area contributed by atoms with Crippen LogP contribution in [0.15, 0.2) is 24.3 Å². The molecule has 0 atom stereocenters. The Bertz CT molecular complexity index is 646. The molecule has 1 fully saturated rings. The van der Waals surface area contributed by atoms with Crippen LogP contribution in [-0.4, -0.2) is 42.2 Å². The molecule has 0 radical (unpaired) electrons. The van der Waals surface area contributed by atoms with Crippen LogP contribution in [0.1, 0.15) is 103 Å². The summed E-state index contributed by atoms with van der Waals surface area (Å²) in [5.41, 5.74) is 0.870. The predicted molar refractivity (Wildman–Crippen MR) is 126 cm³/mol. The first-order chi connectivity index (χ1) is 14.2. The minimum Gasteiger partial charge on any atom is -0.399 e. The Hall–Kier alpha value is -1.33. The summed E-state index contributed by atoms with van der Waals surface area (Å²) in [6.07, 6.45) is 9.40. The molecule has 0 spiro atoms. The van der Waals surface area contributed by atoms with Crippen molar-refractivity contribution in [3.8, 4) is 0 Å². The van der Waals surface area contributed by atoms with Crippen LogP contribution in [0.5, 0.6) is 0 Å². The molecule has 0 aromatic heterocycles. The molecular formula is C25H42BNO3. The number of benzene rings is 1. The number of rotatable bonds is 12. The van der Waals surface area contributed by atoms with E-state index in [1.54, 1.807) is 0 Å². The van der Waals surface area contributed by atoms with Gasteiger partial charge in [0.05, 0.1) is 11.2 Å². The first-order valence-corrected chi connectivity index (χ1v) is 12.0. The van der Waals surface area contributed by atoms with Crippen LogP contribution < -0.4 is 5.46 Å². The second-order valence-electron chi connectivity index (χ2n) is 9.63. The fourth-order valence-corrected chi connectivity index (χ4v) is 3.75. The SMILES string of the molecule is CCCCCCN(CCCCCC)C(=O)c1cccc(B2OC(C)(C)C(C)(C)O2)c1. The molecular weight excluding hydrogens is 373 g/mol. The van der Waals surface area contributed by atoms with Gasteiger partial charge in [0.2, 0.25) is 0 Å². The molecule has 0 bridgehead atoms. The first-order valence-electron chi connectivity index (χ1n) is 12.0. The Morgan fingerprint density at radius 1 is 0.867 bits per heavy atom. The van der Waals surface area contributed by atoms with Crippen LogP contribution in [0, 0.1) is 0 Å². The molecule has 0 saturated carbocycles. The van der Waals surface area contributed by atoms with E-state index in [9.17, 15) is 4.79 Å². The highest BCUT2D eigenvalue weighted by molar-refractivity contribution is 6.62. The normalized spacial score (nSPS) is 17.3. The van der Waals surface area contributed by atoms with E-state index < -0.39 is 7.12 Å². The summed E-state index contributed by atoms with van der Waals surface area (Å²) in [6.45, 7) is 14.3. The van der Waals surface area contributed by atoms with Gasteiger partial charge in [0.25, 0.3) is 5.91 Å². The molecule has 1 aromatic rings. The number of hydrogen-bond donors (Lipinski definition) is 0. The van der Waals surface area contributed by atoms with Gasteiger partial charge >= 0.3 is 7.12 Å². The Labute approximate surface area is 184 Å². The summed E-state index contributed by atoms with van der Waals surface area (Å²) in [5, 5.41) is 0. The molecule has 30 heavy (non-hydrogen) atoms. The van der Waals surface area contributed by atoms with Crippen molar-refractivity contribution in [2.45, 2.75) is 104 Å². The maximum Gasteiger partial charge on any atom is 0.494 e. The number of amides is 1. The highest BCUT2D eigenvalue weighted by Gasteiger charge is 2.51. The van der Waals surface area contributed by atoms with Gasteiger partial charge in [-0.1, -0.05) is 64.5 Å². The zero-order valence-electron chi connectivity index (χ0n) is 20.1. The van der Waals surface area contributed by atoms with Gasteiger partial charge in [-0.05, 0) is 58.1 Å². The number of carbonyl (C=O) groups is 1. The maximum atomic E-state index is 13.3. The minimum atomic E-state index is -0.440. The van der Waals surface area contributed by atoms with E-state index in [2.05, 4.69) is 46.4 Å². The summed E-state index contributed by atoms with van der Waals surface area (Å²) in [5.74, 6) is 0.126. The van der Waals surface area contributed by atoms with Crippen LogP contribution in [-0.2, 0) is 9.31 Å². The lowest BCUT2D eigenvalue weighted by Gasteiger charge is -2.32. The molecule has 4 nitrogen and oxygen atoms in total. The smallest absolute Gasteiger partial charge is 0.399 e. The third-order valence-corrected chi connectivity index (χ3v) is 6.51. The van der Waals surface area contributed by atoms with Crippen LogP contribution >= 0.6 is 0 Å². The molecule has 1 amide bonds. The minimum absolute atomic E-state index is 0.126. The largest absolute Gasteiger partial charge is 0.494 e. The van der Waals surface area contributed by atoms with Crippen LogP contribution in [0.4, 0.5) is 0 Å². The Morgan fingerprint density at radius 2 is 1.40 bits per heavy atom. The van der Waals surface area contributed by atoms with Gasteiger partial charge in [-0.25, -0.2) is 0 Å². The summed E-state index contributed by atoms with van der Waals surface area (Å²) in [4.78, 5) is 15.4. The fraction of sp³-hybridized carbons (Fsp3) is 0.720. The van der Waals surface area contributed by atoms with Gasteiger partial charge < -0.3 is 14.2 Å². The van der Waals surface area contributed by atoms with E-state index in [1.165, 1.54) is 38.5 Å². The summed E-state index contributed by atoms with van der Waals surface area (Å²) in [7, 11) is -0.440. The second-order valence-corrected chi connectivity index (χ2v) is 9.63. The van der Waals surface area contributed by atoms with Crippen LogP contribution in [0.3, 0.4) is 0 Å². The molecule has 0 unspecified atom stereocenters. The lowest BCUT2D eigenvalue weighted by atomic mass is 9.78. The van der Waals surface area contributed by atoms with Crippen molar-refractivity contribution < 1.29 is 14.1 Å². The van der Waals surface area contributed by atoms with Crippen molar-refractivity contribution in [3.05, 3.63) is 29.8 Å². The average molecular weight is 415 g/mol. The van der Waals surface area contributed by atoms with E-state index >= 15 is 0 Å². The summed E-state index contributed by atoms with van der Waals surface area (Å²) in [6, 6.07) is 7.81. The van der Waals surface area contributed by atoms with Crippen molar-refractivity contribution in [3.63, 3.8) is 0 Å². The molecule has 1 aromatic carbocycles. The van der Waals surface area contributed by atoms with E-state index in [0.29, 0.717) is 0 Å². The third kappa shape index (κ3) is 6.59. The van der Waals surface area contributed by atoms with Crippen molar-refractivity contribution in [1.29, 1.82) is 0 Å². The highest BCUT2D eigenvalue weighted by atomic mass is 16.7. The number of nitrogens with zero attached hydrogens (tertiary/aromatic N) is 1. The molecule has 1 saturated heterocycles. The summed E-state index contributed by atoms with van der Waals surface area (Å²) < 4.78 is 12.4. The predicted octanol–water partition coefficient (Wildman–Crippen LogP) is 5.59. The lowest BCUT2D eigenvalue weighted by Crippen LogP contribution is -2.41. The topological polar surface area (TPSA) is 38.8 Å². The number of unbranched alkanes of at least 4 members (excludes halogenated alkanes) is 6. The van der Waals surface area contributed by atoms with Crippen LogP contribution in [0.25, 0.3) is 0 Å². The second kappa shape index (κ2) is 11.3. The van der Waals surface area contributed by atoms with Gasteiger partial charge in [-0.15, -0.1) is 0 Å². The first kappa shape index (κ1) is 24.9. The van der Waals surface area contributed by atoms with Crippen molar-refractivity contribution >= 4 is 18.5 Å². The maximum absolute atomic E-state index is 13.3. The lowest BCUT2D eigenvalue weighted by molar-refractivity contribution is 0.00578.